The normalized spacial score (nSPS) is 10.9. The number of rotatable bonds is 5. The van der Waals surface area contributed by atoms with Gasteiger partial charge in [-0.1, -0.05) is 43.3 Å². The molecule has 0 atom stereocenters. The number of hydrogen-bond acceptors (Lipinski definition) is 4. The van der Waals surface area contributed by atoms with Gasteiger partial charge in [-0.2, -0.15) is 0 Å². The van der Waals surface area contributed by atoms with Crippen molar-refractivity contribution in [3.63, 3.8) is 0 Å². The Morgan fingerprint density at radius 3 is 2.79 bits per heavy atom. The van der Waals surface area contributed by atoms with Crippen LogP contribution in [0, 0.1) is 0 Å². The number of aromatic nitrogens is 2. The van der Waals surface area contributed by atoms with E-state index in [9.17, 15) is 0 Å². The minimum absolute atomic E-state index is 0.465. The monoisotopic (exact) mass is 293 g/mol. The Bertz CT molecular complexity index is 531. The first-order valence-corrected chi connectivity index (χ1v) is 7.30. The number of halogens is 1. The van der Waals surface area contributed by atoms with Gasteiger partial charge in [0.05, 0.1) is 11.2 Å². The van der Waals surface area contributed by atoms with Gasteiger partial charge in [0.15, 0.2) is 0 Å². The lowest BCUT2D eigenvalue weighted by Gasteiger charge is -2.10. The molecule has 0 fully saturated rings. The second-order valence-corrected chi connectivity index (χ2v) is 5.92. The molecule has 0 saturated carbocycles. The lowest BCUT2D eigenvalue weighted by Crippen LogP contribution is -2.21. The fraction of sp³-hybridized carbons (Fsp3) is 0.286. The molecule has 0 aliphatic carbocycles. The van der Waals surface area contributed by atoms with E-state index in [0.717, 1.165) is 21.5 Å². The van der Waals surface area contributed by atoms with E-state index in [2.05, 4.69) is 35.2 Å². The van der Waals surface area contributed by atoms with Gasteiger partial charge in [-0.3, -0.25) is 4.98 Å². The molecule has 0 saturated heterocycles. The van der Waals surface area contributed by atoms with Crippen LogP contribution >= 0.6 is 23.4 Å². The van der Waals surface area contributed by atoms with E-state index in [1.807, 2.05) is 12.1 Å². The summed E-state index contributed by atoms with van der Waals surface area (Å²) in [7, 11) is 0. The van der Waals surface area contributed by atoms with Crippen LogP contribution in [-0.4, -0.2) is 16.0 Å². The molecule has 1 aromatic heterocycles. The lowest BCUT2D eigenvalue weighted by atomic mass is 10.2. The highest BCUT2D eigenvalue weighted by molar-refractivity contribution is 7.99. The third kappa shape index (κ3) is 4.49. The average molecular weight is 294 g/mol. The number of nitrogens with one attached hydrogen (secondary N) is 1. The zero-order valence-electron chi connectivity index (χ0n) is 10.9. The molecule has 0 spiro atoms. The maximum atomic E-state index is 6.30. The molecule has 5 heteroatoms. The van der Waals surface area contributed by atoms with Crippen LogP contribution in [0.5, 0.6) is 0 Å². The van der Waals surface area contributed by atoms with Crippen molar-refractivity contribution < 1.29 is 0 Å². The van der Waals surface area contributed by atoms with Gasteiger partial charge >= 0.3 is 0 Å². The summed E-state index contributed by atoms with van der Waals surface area (Å²) in [6, 6.07) is 6.57. The summed E-state index contributed by atoms with van der Waals surface area (Å²) in [6.45, 7) is 5.08. The van der Waals surface area contributed by atoms with Crippen molar-refractivity contribution in [2.24, 2.45) is 0 Å². The Hall–Kier alpha value is -1.10. The average Bonchev–Trinajstić information content (AvgIpc) is 2.40. The Morgan fingerprint density at radius 2 is 2.16 bits per heavy atom. The van der Waals surface area contributed by atoms with Gasteiger partial charge in [-0.15, -0.1) is 0 Å². The molecule has 3 nitrogen and oxygen atoms in total. The van der Waals surface area contributed by atoms with E-state index in [4.69, 9.17) is 11.6 Å². The van der Waals surface area contributed by atoms with Crippen LogP contribution in [0.4, 0.5) is 0 Å². The Balaban J connectivity index is 2.07. The molecule has 0 aliphatic heterocycles. The number of benzene rings is 1. The second-order valence-electron chi connectivity index (χ2n) is 4.45. The minimum Gasteiger partial charge on any atom is -0.310 e. The Labute approximate surface area is 122 Å². The van der Waals surface area contributed by atoms with Crippen molar-refractivity contribution in [3.8, 4) is 0 Å². The zero-order valence-corrected chi connectivity index (χ0v) is 12.5. The lowest BCUT2D eigenvalue weighted by molar-refractivity contribution is 0.589. The molecule has 0 bridgehead atoms. The third-order valence-corrected chi connectivity index (χ3v) is 3.89. The van der Waals surface area contributed by atoms with E-state index in [0.29, 0.717) is 6.04 Å². The molecule has 0 aliphatic rings. The fourth-order valence-corrected chi connectivity index (χ4v) is 2.57. The fourth-order valence-electron chi connectivity index (χ4n) is 1.51. The van der Waals surface area contributed by atoms with Crippen LogP contribution in [0.2, 0.25) is 5.02 Å². The Kier molecular flexibility index (Phi) is 5.19. The van der Waals surface area contributed by atoms with E-state index in [1.54, 1.807) is 18.6 Å². The van der Waals surface area contributed by atoms with Crippen molar-refractivity contribution in [3.05, 3.63) is 47.4 Å². The second kappa shape index (κ2) is 6.89. The molecule has 1 heterocycles. The molecule has 0 amide bonds. The van der Waals surface area contributed by atoms with Crippen LogP contribution in [0.15, 0.2) is 46.7 Å². The molecular formula is C14H16ClN3S. The minimum atomic E-state index is 0.465. The summed E-state index contributed by atoms with van der Waals surface area (Å²) in [5.74, 6) is 0. The summed E-state index contributed by atoms with van der Waals surface area (Å²) in [5, 5.41) is 4.96. The topological polar surface area (TPSA) is 37.8 Å². The molecular weight excluding hydrogens is 278 g/mol. The van der Waals surface area contributed by atoms with E-state index < -0.39 is 0 Å². The van der Waals surface area contributed by atoms with E-state index in [1.165, 1.54) is 17.3 Å². The Morgan fingerprint density at radius 1 is 1.32 bits per heavy atom. The highest BCUT2D eigenvalue weighted by Gasteiger charge is 2.05. The van der Waals surface area contributed by atoms with Crippen LogP contribution < -0.4 is 5.32 Å². The predicted octanol–water partition coefficient (Wildman–Crippen LogP) is 3.78. The van der Waals surface area contributed by atoms with Gasteiger partial charge < -0.3 is 5.32 Å². The maximum absolute atomic E-state index is 6.30. The molecule has 2 aromatic rings. The van der Waals surface area contributed by atoms with E-state index in [-0.39, 0.29) is 0 Å². The van der Waals surface area contributed by atoms with Crippen molar-refractivity contribution in [1.82, 2.24) is 15.3 Å². The van der Waals surface area contributed by atoms with Crippen molar-refractivity contribution in [2.75, 3.05) is 0 Å². The summed E-state index contributed by atoms with van der Waals surface area (Å²) < 4.78 is 0. The quantitative estimate of drug-likeness (QED) is 0.910. The molecule has 1 N–H and O–H groups in total. The highest BCUT2D eigenvalue weighted by atomic mass is 35.5. The standard InChI is InChI=1S/C14H16ClN3S/c1-10(2)18-8-11-3-4-13(12(15)7-11)19-14-9-16-5-6-17-14/h3-7,9-10,18H,8H2,1-2H3. The van der Waals surface area contributed by atoms with Crippen LogP contribution in [0.25, 0.3) is 0 Å². The van der Waals surface area contributed by atoms with Crippen molar-refractivity contribution >= 4 is 23.4 Å². The smallest absolute Gasteiger partial charge is 0.119 e. The summed E-state index contributed by atoms with van der Waals surface area (Å²) in [5.41, 5.74) is 1.18. The van der Waals surface area contributed by atoms with Crippen LogP contribution in [0.3, 0.4) is 0 Å². The maximum Gasteiger partial charge on any atom is 0.119 e. The van der Waals surface area contributed by atoms with Crippen molar-refractivity contribution in [2.45, 2.75) is 36.4 Å². The summed E-state index contributed by atoms with van der Waals surface area (Å²) >= 11 is 7.82. The van der Waals surface area contributed by atoms with Gasteiger partial charge in [0.25, 0.3) is 0 Å². The molecule has 0 unspecified atom stereocenters. The molecule has 0 radical (unpaired) electrons. The molecule has 2 rings (SSSR count). The van der Waals surface area contributed by atoms with E-state index >= 15 is 0 Å². The SMILES string of the molecule is CC(C)NCc1ccc(Sc2cnccn2)c(Cl)c1. The zero-order chi connectivity index (χ0) is 13.7. The number of nitrogens with zero attached hydrogens (tertiary/aromatic N) is 2. The van der Waals surface area contributed by atoms with Gasteiger partial charge in [-0.05, 0) is 17.7 Å². The highest BCUT2D eigenvalue weighted by Crippen LogP contribution is 2.32. The van der Waals surface area contributed by atoms with Gasteiger partial charge in [-0.25, -0.2) is 4.98 Å². The van der Waals surface area contributed by atoms with Crippen molar-refractivity contribution in [1.29, 1.82) is 0 Å². The van der Waals surface area contributed by atoms with Crippen LogP contribution in [0.1, 0.15) is 19.4 Å². The first-order chi connectivity index (χ1) is 9.15. The summed E-state index contributed by atoms with van der Waals surface area (Å²) in [6.07, 6.45) is 5.07. The molecule has 100 valence electrons. The van der Waals surface area contributed by atoms with Gasteiger partial charge in [0, 0.05) is 29.9 Å². The molecule has 1 aromatic carbocycles. The van der Waals surface area contributed by atoms with Gasteiger partial charge in [0.2, 0.25) is 0 Å². The third-order valence-electron chi connectivity index (χ3n) is 2.46. The van der Waals surface area contributed by atoms with Gasteiger partial charge in [0.1, 0.15) is 5.03 Å². The number of hydrogen-bond donors (Lipinski definition) is 1. The molecule has 19 heavy (non-hydrogen) atoms. The first kappa shape index (κ1) is 14.3. The largest absolute Gasteiger partial charge is 0.310 e. The van der Waals surface area contributed by atoms with Crippen LogP contribution in [-0.2, 0) is 6.54 Å². The predicted molar refractivity (Wildman–Crippen MR) is 79.6 cm³/mol. The summed E-state index contributed by atoms with van der Waals surface area (Å²) in [4.78, 5) is 9.26. The first-order valence-electron chi connectivity index (χ1n) is 6.11.